The summed E-state index contributed by atoms with van der Waals surface area (Å²) in [4.78, 5) is 12.5. The number of rotatable bonds is 9. The first kappa shape index (κ1) is 20.1. The zero-order valence-corrected chi connectivity index (χ0v) is 16.3. The minimum atomic E-state index is -0.0898. The largest absolute Gasteiger partial charge is 0.493 e. The van der Waals surface area contributed by atoms with Gasteiger partial charge in [-0.1, -0.05) is 37.1 Å². The van der Waals surface area contributed by atoms with Gasteiger partial charge in [-0.25, -0.2) is 0 Å². The minimum Gasteiger partial charge on any atom is -0.493 e. The third kappa shape index (κ3) is 5.67. The van der Waals surface area contributed by atoms with Crippen LogP contribution in [-0.2, 0) is 6.61 Å². The Kier molecular flexibility index (Phi) is 7.79. The maximum absolute atomic E-state index is 12.5. The molecule has 0 aliphatic rings. The molecule has 1 N–H and O–H groups in total. The summed E-state index contributed by atoms with van der Waals surface area (Å²) >= 11 is 6.14. The Labute approximate surface area is 160 Å². The molecular weight excluding hydrogens is 350 g/mol. The zero-order valence-electron chi connectivity index (χ0n) is 15.5. The van der Waals surface area contributed by atoms with E-state index in [0.29, 0.717) is 28.7 Å². The third-order valence-electron chi connectivity index (χ3n) is 3.94. The van der Waals surface area contributed by atoms with Crippen molar-refractivity contribution in [3.63, 3.8) is 0 Å². The van der Waals surface area contributed by atoms with Crippen molar-refractivity contribution in [2.75, 3.05) is 6.61 Å². The number of halogens is 1. The molecule has 0 unspecified atom stereocenters. The van der Waals surface area contributed by atoms with Crippen molar-refractivity contribution < 1.29 is 14.3 Å². The fourth-order valence-electron chi connectivity index (χ4n) is 2.66. The van der Waals surface area contributed by atoms with Crippen molar-refractivity contribution in [1.29, 1.82) is 0 Å². The summed E-state index contributed by atoms with van der Waals surface area (Å²) in [6, 6.07) is 12.8. The fourth-order valence-corrected chi connectivity index (χ4v) is 2.85. The molecule has 0 aliphatic carbocycles. The van der Waals surface area contributed by atoms with E-state index in [9.17, 15) is 4.79 Å². The molecule has 140 valence electrons. The molecule has 0 fully saturated rings. The predicted octanol–water partition coefficient (Wildman–Crippen LogP) is 5.24. The first-order valence-corrected chi connectivity index (χ1v) is 9.36. The van der Waals surface area contributed by atoms with Gasteiger partial charge in [-0.15, -0.1) is 0 Å². The number of nitrogens with one attached hydrogen (secondary N) is 1. The van der Waals surface area contributed by atoms with E-state index >= 15 is 0 Å². The molecule has 2 aromatic rings. The van der Waals surface area contributed by atoms with Crippen molar-refractivity contribution in [1.82, 2.24) is 5.32 Å². The standard InChI is InChI=1S/C21H26ClNO3/c1-4-8-15(3)23-21(24)16-11-12-19(25-5-2)17(13-16)14-26-20-10-7-6-9-18(20)22/h6-7,9-13,15H,4-5,8,14H2,1-3H3,(H,23,24)/t15-/m0/s1. The van der Waals surface area contributed by atoms with Crippen molar-refractivity contribution in [3.05, 3.63) is 58.6 Å². The Morgan fingerprint density at radius 2 is 1.88 bits per heavy atom. The number of para-hydroxylation sites is 1. The van der Waals surface area contributed by atoms with Crippen molar-refractivity contribution in [2.45, 2.75) is 46.3 Å². The second-order valence-electron chi connectivity index (χ2n) is 6.14. The molecule has 0 saturated heterocycles. The minimum absolute atomic E-state index is 0.0898. The number of carbonyl (C=O) groups is 1. The summed E-state index contributed by atoms with van der Waals surface area (Å²) in [5.41, 5.74) is 1.40. The van der Waals surface area contributed by atoms with Crippen LogP contribution in [0.15, 0.2) is 42.5 Å². The van der Waals surface area contributed by atoms with E-state index in [1.54, 1.807) is 12.1 Å². The highest BCUT2D eigenvalue weighted by atomic mass is 35.5. The molecule has 0 spiro atoms. The Morgan fingerprint density at radius 1 is 1.12 bits per heavy atom. The van der Waals surface area contributed by atoms with Crippen LogP contribution in [0, 0.1) is 0 Å². The van der Waals surface area contributed by atoms with Gasteiger partial charge >= 0.3 is 0 Å². The SMILES string of the molecule is CCC[C@H](C)NC(=O)c1ccc(OCC)c(COc2ccccc2Cl)c1. The quantitative estimate of drug-likeness (QED) is 0.652. The lowest BCUT2D eigenvalue weighted by molar-refractivity contribution is 0.0938. The molecule has 0 aliphatic heterocycles. The van der Waals surface area contributed by atoms with Crippen LogP contribution in [-0.4, -0.2) is 18.6 Å². The maximum atomic E-state index is 12.5. The Morgan fingerprint density at radius 3 is 2.58 bits per heavy atom. The van der Waals surface area contributed by atoms with Crippen LogP contribution < -0.4 is 14.8 Å². The van der Waals surface area contributed by atoms with Crippen molar-refractivity contribution in [3.8, 4) is 11.5 Å². The highest BCUT2D eigenvalue weighted by molar-refractivity contribution is 6.32. The molecule has 1 atom stereocenters. The first-order valence-electron chi connectivity index (χ1n) is 8.99. The van der Waals surface area contributed by atoms with Crippen LogP contribution in [0.25, 0.3) is 0 Å². The van der Waals surface area contributed by atoms with Crippen molar-refractivity contribution >= 4 is 17.5 Å². The van der Waals surface area contributed by atoms with Crippen LogP contribution in [0.2, 0.25) is 5.02 Å². The van der Waals surface area contributed by atoms with E-state index in [2.05, 4.69) is 12.2 Å². The third-order valence-corrected chi connectivity index (χ3v) is 4.25. The van der Waals surface area contributed by atoms with E-state index in [1.165, 1.54) is 0 Å². The van der Waals surface area contributed by atoms with Crippen LogP contribution in [0.4, 0.5) is 0 Å². The van der Waals surface area contributed by atoms with Gasteiger partial charge in [0.2, 0.25) is 0 Å². The molecule has 0 aromatic heterocycles. The number of hydrogen-bond donors (Lipinski definition) is 1. The lowest BCUT2D eigenvalue weighted by Crippen LogP contribution is -2.32. The molecule has 5 heteroatoms. The average Bonchev–Trinajstić information content (AvgIpc) is 2.62. The van der Waals surface area contributed by atoms with Crippen LogP contribution >= 0.6 is 11.6 Å². The fraction of sp³-hybridized carbons (Fsp3) is 0.381. The second-order valence-corrected chi connectivity index (χ2v) is 6.54. The van der Waals surface area contributed by atoms with Gasteiger partial charge in [0.25, 0.3) is 5.91 Å². The lowest BCUT2D eigenvalue weighted by atomic mass is 10.1. The molecule has 26 heavy (non-hydrogen) atoms. The molecule has 2 aromatic carbocycles. The highest BCUT2D eigenvalue weighted by Gasteiger charge is 2.13. The topological polar surface area (TPSA) is 47.6 Å². The van der Waals surface area contributed by atoms with Gasteiger partial charge in [0, 0.05) is 17.2 Å². The number of hydrogen-bond acceptors (Lipinski definition) is 3. The summed E-state index contributed by atoms with van der Waals surface area (Å²) in [7, 11) is 0. The molecule has 1 amide bonds. The summed E-state index contributed by atoms with van der Waals surface area (Å²) in [5.74, 6) is 1.22. The molecule has 0 bridgehead atoms. The number of carbonyl (C=O) groups excluding carboxylic acids is 1. The Bertz CT molecular complexity index is 733. The Hall–Kier alpha value is -2.20. The van der Waals surface area contributed by atoms with Gasteiger partial charge in [0.15, 0.2) is 0 Å². The molecule has 2 rings (SSSR count). The Balaban J connectivity index is 2.16. The average molecular weight is 376 g/mol. The van der Waals surface area contributed by atoms with Crippen molar-refractivity contribution in [2.24, 2.45) is 0 Å². The van der Waals surface area contributed by atoms with E-state index in [0.717, 1.165) is 18.4 Å². The summed E-state index contributed by atoms with van der Waals surface area (Å²) in [5, 5.41) is 3.57. The molecular formula is C21H26ClNO3. The van der Waals surface area contributed by atoms with E-state index < -0.39 is 0 Å². The van der Waals surface area contributed by atoms with E-state index in [-0.39, 0.29) is 18.6 Å². The number of benzene rings is 2. The lowest BCUT2D eigenvalue weighted by Gasteiger charge is -2.16. The summed E-state index contributed by atoms with van der Waals surface area (Å²) < 4.78 is 11.5. The predicted molar refractivity (Wildman–Crippen MR) is 105 cm³/mol. The molecule has 0 saturated carbocycles. The van der Waals surface area contributed by atoms with Gasteiger partial charge in [-0.3, -0.25) is 4.79 Å². The molecule has 0 radical (unpaired) electrons. The van der Waals surface area contributed by atoms with Gasteiger partial charge in [0.1, 0.15) is 18.1 Å². The number of amides is 1. The monoisotopic (exact) mass is 375 g/mol. The van der Waals surface area contributed by atoms with E-state index in [4.69, 9.17) is 21.1 Å². The van der Waals surface area contributed by atoms with Gasteiger partial charge in [-0.2, -0.15) is 0 Å². The molecule has 4 nitrogen and oxygen atoms in total. The maximum Gasteiger partial charge on any atom is 0.251 e. The van der Waals surface area contributed by atoms with Gasteiger partial charge in [0.05, 0.1) is 11.6 Å². The number of ether oxygens (including phenoxy) is 2. The van der Waals surface area contributed by atoms with Crippen LogP contribution in [0.1, 0.15) is 49.5 Å². The van der Waals surface area contributed by atoms with Gasteiger partial charge < -0.3 is 14.8 Å². The van der Waals surface area contributed by atoms with E-state index in [1.807, 2.05) is 44.2 Å². The normalized spacial score (nSPS) is 11.7. The smallest absolute Gasteiger partial charge is 0.251 e. The summed E-state index contributed by atoms with van der Waals surface area (Å²) in [6.45, 7) is 6.84. The highest BCUT2D eigenvalue weighted by Crippen LogP contribution is 2.27. The van der Waals surface area contributed by atoms with Gasteiger partial charge in [-0.05, 0) is 50.6 Å². The van der Waals surface area contributed by atoms with Crippen LogP contribution in [0.5, 0.6) is 11.5 Å². The zero-order chi connectivity index (χ0) is 18.9. The van der Waals surface area contributed by atoms with Crippen LogP contribution in [0.3, 0.4) is 0 Å². The summed E-state index contributed by atoms with van der Waals surface area (Å²) in [6.07, 6.45) is 1.98. The first-order chi connectivity index (χ1) is 12.5. The molecule has 0 heterocycles. The second kappa shape index (κ2) is 10.1.